The minimum Gasteiger partial charge on any atom is -0.497 e. The number of hydrogen-bond donors (Lipinski definition) is 0. The third kappa shape index (κ3) is 5.24. The number of rotatable bonds is 8. The molecule has 0 radical (unpaired) electrons. The highest BCUT2D eigenvalue weighted by atomic mass is 35.5. The van der Waals surface area contributed by atoms with Gasteiger partial charge in [-0.3, -0.25) is 9.69 Å². The Morgan fingerprint density at radius 1 is 1.07 bits per heavy atom. The predicted octanol–water partition coefficient (Wildman–Crippen LogP) is 4.99. The topological polar surface area (TPSA) is 45.7 Å². The summed E-state index contributed by atoms with van der Waals surface area (Å²) < 4.78 is 33.1. The molecule has 0 aliphatic rings. The molecule has 0 atom stereocenters. The van der Waals surface area contributed by atoms with Crippen LogP contribution >= 0.6 is 23.7 Å². The summed E-state index contributed by atoms with van der Waals surface area (Å²) in [7, 11) is 1.59. The van der Waals surface area contributed by atoms with Gasteiger partial charge < -0.3 is 9.64 Å². The molecule has 30 heavy (non-hydrogen) atoms. The minimum atomic E-state index is -1.05. The van der Waals surface area contributed by atoms with Crippen molar-refractivity contribution in [3.05, 3.63) is 53.6 Å². The molecule has 0 aliphatic carbocycles. The summed E-state index contributed by atoms with van der Waals surface area (Å²) in [6.45, 7) is 6.82. The van der Waals surface area contributed by atoms with Gasteiger partial charge in [0.05, 0.1) is 17.3 Å². The van der Waals surface area contributed by atoms with E-state index in [1.165, 1.54) is 22.3 Å². The molecule has 3 rings (SSSR count). The molecular formula is C21H24ClF2N3O2S. The largest absolute Gasteiger partial charge is 0.497 e. The summed E-state index contributed by atoms with van der Waals surface area (Å²) in [5.74, 6) is -1.74. The molecule has 162 valence electrons. The first-order valence-corrected chi connectivity index (χ1v) is 10.2. The molecule has 0 bridgehead atoms. The van der Waals surface area contributed by atoms with Crippen LogP contribution in [-0.2, 0) is 0 Å². The Bertz CT molecular complexity index is 1010. The maximum Gasteiger partial charge on any atom is 0.260 e. The van der Waals surface area contributed by atoms with Crippen LogP contribution in [0.25, 0.3) is 10.2 Å². The van der Waals surface area contributed by atoms with Crippen molar-refractivity contribution in [2.24, 2.45) is 0 Å². The Morgan fingerprint density at radius 3 is 2.43 bits per heavy atom. The van der Waals surface area contributed by atoms with E-state index in [9.17, 15) is 13.6 Å². The molecule has 2 aromatic carbocycles. The fourth-order valence-electron chi connectivity index (χ4n) is 2.99. The van der Waals surface area contributed by atoms with Crippen LogP contribution in [0.15, 0.2) is 36.4 Å². The SMILES string of the molecule is CCN(CC)CCN(C(=O)c1ccc(F)c(F)c1)c1nc2ccc(OC)cc2s1.Cl. The van der Waals surface area contributed by atoms with Crippen LogP contribution in [0, 0.1) is 11.6 Å². The van der Waals surface area contributed by atoms with Gasteiger partial charge in [-0.25, -0.2) is 13.8 Å². The zero-order chi connectivity index (χ0) is 21.0. The fraction of sp³-hybridized carbons (Fsp3) is 0.333. The number of methoxy groups -OCH3 is 1. The van der Waals surface area contributed by atoms with Gasteiger partial charge in [-0.1, -0.05) is 25.2 Å². The Labute approximate surface area is 184 Å². The van der Waals surface area contributed by atoms with Gasteiger partial charge in [0.1, 0.15) is 5.75 Å². The minimum absolute atomic E-state index is 0. The quantitative estimate of drug-likeness (QED) is 0.480. The van der Waals surface area contributed by atoms with E-state index in [1.807, 2.05) is 18.2 Å². The molecule has 9 heteroatoms. The summed E-state index contributed by atoms with van der Waals surface area (Å²) >= 11 is 1.36. The lowest BCUT2D eigenvalue weighted by molar-refractivity contribution is 0.0983. The average molecular weight is 456 g/mol. The summed E-state index contributed by atoms with van der Waals surface area (Å²) in [6, 6.07) is 8.69. The lowest BCUT2D eigenvalue weighted by Gasteiger charge is -2.24. The molecule has 5 nitrogen and oxygen atoms in total. The van der Waals surface area contributed by atoms with E-state index in [4.69, 9.17) is 4.74 Å². The number of thiazole rings is 1. The van der Waals surface area contributed by atoms with E-state index in [-0.39, 0.29) is 18.0 Å². The van der Waals surface area contributed by atoms with E-state index < -0.39 is 17.5 Å². The fourth-order valence-corrected chi connectivity index (χ4v) is 4.00. The maximum atomic E-state index is 13.7. The Hall–Kier alpha value is -2.29. The molecule has 1 heterocycles. The first kappa shape index (κ1) is 24.0. The molecular weight excluding hydrogens is 432 g/mol. The van der Waals surface area contributed by atoms with E-state index in [1.54, 1.807) is 7.11 Å². The number of fused-ring (bicyclic) bond motifs is 1. The number of nitrogens with zero attached hydrogens (tertiary/aromatic N) is 3. The van der Waals surface area contributed by atoms with Crippen LogP contribution in [0.5, 0.6) is 5.75 Å². The van der Waals surface area contributed by atoms with Crippen molar-refractivity contribution in [3.63, 3.8) is 0 Å². The van der Waals surface area contributed by atoms with Crippen molar-refractivity contribution < 1.29 is 18.3 Å². The number of benzene rings is 2. The standard InChI is InChI=1S/C21H23F2N3O2S.ClH/c1-4-25(5-2)10-11-26(20(27)14-6-8-16(22)17(23)12-14)21-24-18-9-7-15(28-3)13-19(18)29-21;/h6-9,12-13H,4-5,10-11H2,1-3H3;1H. The molecule has 0 spiro atoms. The molecule has 1 aromatic heterocycles. The lowest BCUT2D eigenvalue weighted by Crippen LogP contribution is -2.39. The van der Waals surface area contributed by atoms with Gasteiger partial charge in [0, 0.05) is 18.7 Å². The van der Waals surface area contributed by atoms with Gasteiger partial charge in [-0.15, -0.1) is 12.4 Å². The molecule has 0 aliphatic heterocycles. The van der Waals surface area contributed by atoms with Crippen LogP contribution in [0.1, 0.15) is 24.2 Å². The number of carbonyl (C=O) groups excluding carboxylic acids is 1. The van der Waals surface area contributed by atoms with E-state index in [2.05, 4.69) is 23.7 Å². The second kappa shape index (κ2) is 10.7. The molecule has 0 saturated carbocycles. The van der Waals surface area contributed by atoms with Gasteiger partial charge in [0.25, 0.3) is 5.91 Å². The Kier molecular flexibility index (Phi) is 8.52. The van der Waals surface area contributed by atoms with Crippen molar-refractivity contribution in [2.45, 2.75) is 13.8 Å². The van der Waals surface area contributed by atoms with Crippen LogP contribution in [0.3, 0.4) is 0 Å². The zero-order valence-corrected chi connectivity index (χ0v) is 18.7. The second-order valence-corrected chi connectivity index (χ2v) is 7.45. The normalized spacial score (nSPS) is 10.9. The van der Waals surface area contributed by atoms with Crippen LogP contribution in [0.2, 0.25) is 0 Å². The smallest absolute Gasteiger partial charge is 0.260 e. The number of halogens is 3. The molecule has 0 fully saturated rings. The number of amides is 1. The summed E-state index contributed by atoms with van der Waals surface area (Å²) in [5.41, 5.74) is 0.831. The van der Waals surface area contributed by atoms with Gasteiger partial charge in [-0.2, -0.15) is 0 Å². The zero-order valence-electron chi connectivity index (χ0n) is 17.0. The number of carbonyl (C=O) groups is 1. The summed E-state index contributed by atoms with van der Waals surface area (Å²) in [6.07, 6.45) is 0. The number of anilines is 1. The highest BCUT2D eigenvalue weighted by Crippen LogP contribution is 2.32. The number of likely N-dealkylation sites (N-methyl/N-ethyl adjacent to an activating group) is 1. The van der Waals surface area contributed by atoms with E-state index in [0.29, 0.717) is 24.0 Å². The maximum absolute atomic E-state index is 13.7. The Balaban J connectivity index is 0.00000320. The number of ether oxygens (including phenoxy) is 1. The molecule has 0 N–H and O–H groups in total. The van der Waals surface area contributed by atoms with E-state index >= 15 is 0 Å². The van der Waals surface area contributed by atoms with Gasteiger partial charge in [0.15, 0.2) is 16.8 Å². The van der Waals surface area contributed by atoms with Crippen LogP contribution < -0.4 is 9.64 Å². The van der Waals surface area contributed by atoms with Crippen LogP contribution in [-0.4, -0.2) is 49.1 Å². The molecule has 0 saturated heterocycles. The van der Waals surface area contributed by atoms with Crippen molar-refractivity contribution in [1.82, 2.24) is 9.88 Å². The lowest BCUT2D eigenvalue weighted by atomic mass is 10.2. The third-order valence-electron chi connectivity index (χ3n) is 4.76. The number of hydrogen-bond acceptors (Lipinski definition) is 5. The first-order chi connectivity index (χ1) is 14.0. The molecule has 3 aromatic rings. The second-order valence-electron chi connectivity index (χ2n) is 6.44. The monoisotopic (exact) mass is 455 g/mol. The number of aromatic nitrogens is 1. The van der Waals surface area contributed by atoms with Crippen molar-refractivity contribution in [1.29, 1.82) is 0 Å². The molecule has 1 amide bonds. The van der Waals surface area contributed by atoms with Crippen molar-refractivity contribution in [2.75, 3.05) is 38.2 Å². The Morgan fingerprint density at radius 2 is 1.80 bits per heavy atom. The van der Waals surface area contributed by atoms with E-state index in [0.717, 1.165) is 35.4 Å². The first-order valence-electron chi connectivity index (χ1n) is 9.40. The highest BCUT2D eigenvalue weighted by molar-refractivity contribution is 7.22. The van der Waals surface area contributed by atoms with Gasteiger partial charge >= 0.3 is 0 Å². The van der Waals surface area contributed by atoms with Gasteiger partial charge in [-0.05, 0) is 49.5 Å². The molecule has 0 unspecified atom stereocenters. The van der Waals surface area contributed by atoms with Crippen LogP contribution in [0.4, 0.5) is 13.9 Å². The summed E-state index contributed by atoms with van der Waals surface area (Å²) in [4.78, 5) is 21.5. The average Bonchev–Trinajstić information content (AvgIpc) is 3.15. The summed E-state index contributed by atoms with van der Waals surface area (Å²) in [5, 5.41) is 0.509. The van der Waals surface area contributed by atoms with Gasteiger partial charge in [0.2, 0.25) is 0 Å². The predicted molar refractivity (Wildman–Crippen MR) is 119 cm³/mol. The van der Waals surface area contributed by atoms with Crippen molar-refractivity contribution >= 4 is 45.0 Å². The van der Waals surface area contributed by atoms with Crippen molar-refractivity contribution in [3.8, 4) is 5.75 Å². The highest BCUT2D eigenvalue weighted by Gasteiger charge is 2.23. The third-order valence-corrected chi connectivity index (χ3v) is 5.80.